The van der Waals surface area contributed by atoms with Crippen molar-refractivity contribution in [3.8, 4) is 6.07 Å². The summed E-state index contributed by atoms with van der Waals surface area (Å²) in [4.78, 5) is 0. The number of benzene rings is 1. The van der Waals surface area contributed by atoms with E-state index in [2.05, 4.69) is 52.9 Å². The molecule has 0 N–H and O–H groups in total. The second-order valence-corrected chi connectivity index (χ2v) is 5.51. The lowest BCUT2D eigenvalue weighted by atomic mass is 9.70. The highest BCUT2D eigenvalue weighted by molar-refractivity contribution is 14.1. The van der Waals surface area contributed by atoms with E-state index in [-0.39, 0.29) is 5.41 Å². The zero-order valence-corrected chi connectivity index (χ0v) is 10.8. The Hall–Kier alpha value is -0.560. The Morgan fingerprint density at radius 1 is 1.20 bits per heavy atom. The minimum Gasteiger partial charge on any atom is -0.197 e. The van der Waals surface area contributed by atoms with Crippen molar-refractivity contribution in [2.45, 2.75) is 37.5 Å². The maximum absolute atomic E-state index is 9.43. The third-order valence-electron chi connectivity index (χ3n) is 3.30. The third-order valence-corrected chi connectivity index (χ3v) is 3.97. The van der Waals surface area contributed by atoms with Gasteiger partial charge in [0.25, 0.3) is 0 Å². The number of rotatable bonds is 1. The van der Waals surface area contributed by atoms with Gasteiger partial charge in [0.1, 0.15) is 0 Å². The molecule has 0 bridgehead atoms. The van der Waals surface area contributed by atoms with E-state index in [0.717, 1.165) is 12.8 Å². The zero-order chi connectivity index (χ0) is 10.7. The van der Waals surface area contributed by atoms with E-state index in [9.17, 15) is 5.26 Å². The molecular weight excluding hydrogens is 297 g/mol. The van der Waals surface area contributed by atoms with Crippen molar-refractivity contribution in [1.82, 2.24) is 0 Å². The standard InChI is InChI=1S/C13H14IN/c14-12-6-4-5-11(9-12)13(10-15)7-2-1-3-8-13/h4-6,9H,1-3,7-8H2. The molecule has 0 aliphatic heterocycles. The fourth-order valence-electron chi connectivity index (χ4n) is 2.41. The fourth-order valence-corrected chi connectivity index (χ4v) is 2.95. The number of hydrogen-bond acceptors (Lipinski definition) is 1. The van der Waals surface area contributed by atoms with E-state index in [0.29, 0.717) is 0 Å². The van der Waals surface area contributed by atoms with Crippen molar-refractivity contribution in [1.29, 1.82) is 5.26 Å². The van der Waals surface area contributed by atoms with Gasteiger partial charge in [-0.05, 0) is 53.1 Å². The van der Waals surface area contributed by atoms with Crippen LogP contribution in [0.2, 0.25) is 0 Å². The van der Waals surface area contributed by atoms with Crippen molar-refractivity contribution in [3.05, 3.63) is 33.4 Å². The molecule has 2 heteroatoms. The molecule has 1 fully saturated rings. The second kappa shape index (κ2) is 4.52. The van der Waals surface area contributed by atoms with E-state index in [1.165, 1.54) is 28.4 Å². The van der Waals surface area contributed by atoms with Crippen LogP contribution in [-0.4, -0.2) is 0 Å². The van der Waals surface area contributed by atoms with E-state index in [4.69, 9.17) is 0 Å². The molecule has 0 atom stereocenters. The molecule has 15 heavy (non-hydrogen) atoms. The van der Waals surface area contributed by atoms with Crippen molar-refractivity contribution in [2.24, 2.45) is 0 Å². The van der Waals surface area contributed by atoms with Crippen LogP contribution in [0.3, 0.4) is 0 Å². The van der Waals surface area contributed by atoms with Gasteiger partial charge in [0.2, 0.25) is 0 Å². The quantitative estimate of drug-likeness (QED) is 0.719. The van der Waals surface area contributed by atoms with Crippen molar-refractivity contribution < 1.29 is 0 Å². The predicted molar refractivity (Wildman–Crippen MR) is 69.5 cm³/mol. The van der Waals surface area contributed by atoms with Crippen LogP contribution in [0.5, 0.6) is 0 Å². The lowest BCUT2D eigenvalue weighted by molar-refractivity contribution is 0.366. The van der Waals surface area contributed by atoms with Crippen molar-refractivity contribution in [2.75, 3.05) is 0 Å². The van der Waals surface area contributed by atoms with Crippen molar-refractivity contribution >= 4 is 22.6 Å². The van der Waals surface area contributed by atoms with Gasteiger partial charge in [0.15, 0.2) is 0 Å². The zero-order valence-electron chi connectivity index (χ0n) is 8.67. The molecule has 1 aromatic rings. The monoisotopic (exact) mass is 311 g/mol. The minimum atomic E-state index is -0.195. The Balaban J connectivity index is 2.37. The molecule has 0 radical (unpaired) electrons. The number of hydrogen-bond donors (Lipinski definition) is 0. The summed E-state index contributed by atoms with van der Waals surface area (Å²) in [5, 5.41) is 9.43. The van der Waals surface area contributed by atoms with Gasteiger partial charge in [-0.2, -0.15) is 5.26 Å². The summed E-state index contributed by atoms with van der Waals surface area (Å²) in [7, 11) is 0. The number of nitrogens with zero attached hydrogens (tertiary/aromatic N) is 1. The van der Waals surface area contributed by atoms with Crippen molar-refractivity contribution in [3.63, 3.8) is 0 Å². The maximum atomic E-state index is 9.43. The fraction of sp³-hybridized carbons (Fsp3) is 0.462. The predicted octanol–water partition coefficient (Wildman–Crippen LogP) is 4.02. The topological polar surface area (TPSA) is 23.8 Å². The first-order chi connectivity index (χ1) is 7.27. The summed E-state index contributed by atoms with van der Waals surface area (Å²) in [5.41, 5.74) is 1.02. The molecule has 0 unspecified atom stereocenters. The lowest BCUT2D eigenvalue weighted by Gasteiger charge is -2.31. The van der Waals surface area contributed by atoms with Crippen LogP contribution >= 0.6 is 22.6 Å². The van der Waals surface area contributed by atoms with E-state index < -0.39 is 0 Å². The highest BCUT2D eigenvalue weighted by atomic mass is 127. The highest BCUT2D eigenvalue weighted by Gasteiger charge is 2.33. The molecule has 78 valence electrons. The van der Waals surface area contributed by atoms with Gasteiger partial charge in [-0.1, -0.05) is 31.4 Å². The van der Waals surface area contributed by atoms with E-state index in [1.807, 2.05) is 0 Å². The Bertz CT molecular complexity index is 386. The first-order valence-corrected chi connectivity index (χ1v) is 6.52. The van der Waals surface area contributed by atoms with Gasteiger partial charge in [0.05, 0.1) is 11.5 Å². The third kappa shape index (κ3) is 2.17. The smallest absolute Gasteiger partial charge is 0.0822 e. The second-order valence-electron chi connectivity index (χ2n) is 4.26. The van der Waals surface area contributed by atoms with Gasteiger partial charge in [-0.15, -0.1) is 0 Å². The first-order valence-electron chi connectivity index (χ1n) is 5.44. The number of nitriles is 1. The van der Waals surface area contributed by atoms with E-state index in [1.54, 1.807) is 0 Å². The van der Waals surface area contributed by atoms with Crippen LogP contribution in [-0.2, 0) is 5.41 Å². The molecule has 1 aromatic carbocycles. The molecule has 0 amide bonds. The highest BCUT2D eigenvalue weighted by Crippen LogP contribution is 2.39. The van der Waals surface area contributed by atoms with Crippen LogP contribution < -0.4 is 0 Å². The normalized spacial score (nSPS) is 19.5. The first kappa shape index (κ1) is 10.9. The molecule has 1 saturated carbocycles. The minimum absolute atomic E-state index is 0.195. The summed E-state index contributed by atoms with van der Waals surface area (Å²) >= 11 is 2.32. The Labute approximate surface area is 105 Å². The van der Waals surface area contributed by atoms with Crippen LogP contribution in [0.1, 0.15) is 37.7 Å². The lowest BCUT2D eigenvalue weighted by Crippen LogP contribution is -2.27. The molecule has 0 spiro atoms. The van der Waals surface area contributed by atoms with Crippen LogP contribution in [0.15, 0.2) is 24.3 Å². The molecule has 1 nitrogen and oxygen atoms in total. The maximum Gasteiger partial charge on any atom is 0.0822 e. The molecule has 2 rings (SSSR count). The molecule has 0 aromatic heterocycles. The Kier molecular flexibility index (Phi) is 3.30. The molecule has 0 heterocycles. The summed E-state index contributed by atoms with van der Waals surface area (Å²) in [6.45, 7) is 0. The largest absolute Gasteiger partial charge is 0.197 e. The van der Waals surface area contributed by atoms with Crippen LogP contribution in [0, 0.1) is 14.9 Å². The SMILES string of the molecule is N#CC1(c2cccc(I)c2)CCCCC1. The number of halogens is 1. The average Bonchev–Trinajstić information content (AvgIpc) is 2.30. The van der Waals surface area contributed by atoms with Gasteiger partial charge < -0.3 is 0 Å². The Morgan fingerprint density at radius 2 is 1.93 bits per heavy atom. The van der Waals surface area contributed by atoms with Gasteiger partial charge >= 0.3 is 0 Å². The van der Waals surface area contributed by atoms with Gasteiger partial charge in [-0.25, -0.2) is 0 Å². The molecule has 0 saturated heterocycles. The van der Waals surface area contributed by atoms with Gasteiger partial charge in [-0.3, -0.25) is 0 Å². The van der Waals surface area contributed by atoms with Crippen LogP contribution in [0.25, 0.3) is 0 Å². The van der Waals surface area contributed by atoms with Crippen LogP contribution in [0.4, 0.5) is 0 Å². The summed E-state index contributed by atoms with van der Waals surface area (Å²) in [6, 6.07) is 11.0. The molecular formula is C13H14IN. The summed E-state index contributed by atoms with van der Waals surface area (Å²) in [5.74, 6) is 0. The molecule has 1 aliphatic rings. The Morgan fingerprint density at radius 3 is 2.53 bits per heavy atom. The summed E-state index contributed by atoms with van der Waals surface area (Å²) < 4.78 is 1.23. The summed E-state index contributed by atoms with van der Waals surface area (Å²) in [6.07, 6.45) is 5.73. The van der Waals surface area contributed by atoms with Gasteiger partial charge in [0, 0.05) is 3.57 Å². The molecule has 1 aliphatic carbocycles. The average molecular weight is 311 g/mol. The van der Waals surface area contributed by atoms with E-state index >= 15 is 0 Å².